The Balaban J connectivity index is 1.70. The number of benzene rings is 2. The van der Waals surface area contributed by atoms with Crippen molar-refractivity contribution in [3.05, 3.63) is 65.2 Å². The summed E-state index contributed by atoms with van der Waals surface area (Å²) in [7, 11) is 1.43. The topological polar surface area (TPSA) is 84.9 Å². The maximum atomic E-state index is 13.1. The van der Waals surface area contributed by atoms with Crippen LogP contribution < -0.4 is 14.8 Å². The molecule has 2 amide bonds. The number of nitrogens with one attached hydrogen (secondary N) is 1. The number of esters is 1. The zero-order valence-corrected chi connectivity index (χ0v) is 16.1. The Kier molecular flexibility index (Phi) is 4.80. The Labute approximate surface area is 167 Å². The number of fused-ring (bicyclic) bond motifs is 2. The third-order valence-corrected chi connectivity index (χ3v) is 5.18. The lowest BCUT2D eigenvalue weighted by Gasteiger charge is -2.19. The molecule has 2 heterocycles. The molecule has 0 spiro atoms. The van der Waals surface area contributed by atoms with Gasteiger partial charge in [-0.05, 0) is 31.5 Å². The van der Waals surface area contributed by atoms with Gasteiger partial charge in [-0.15, -0.1) is 0 Å². The standard InChI is InChI=1S/C22H20N2O5/c1-3-13-9-17-20(25)23-16-11-19(29-22(27)14-7-5-4-6-8-14)18(28-2)10-15(16)21(26)24(17)12-13/h3-8,10-11,17H,9,12H2,1-2H3,(H,23,25)/b13-3+/t17-/m0/s1. The van der Waals surface area contributed by atoms with Crippen LogP contribution in [0.15, 0.2) is 54.1 Å². The van der Waals surface area contributed by atoms with E-state index >= 15 is 0 Å². The minimum atomic E-state index is -0.562. The zero-order valence-electron chi connectivity index (χ0n) is 16.1. The second-order valence-corrected chi connectivity index (χ2v) is 6.89. The van der Waals surface area contributed by atoms with Crippen LogP contribution in [-0.2, 0) is 4.79 Å². The summed E-state index contributed by atoms with van der Waals surface area (Å²) in [6.45, 7) is 2.31. The fraction of sp³-hybridized carbons (Fsp3) is 0.227. The van der Waals surface area contributed by atoms with Crippen LogP contribution in [0.4, 0.5) is 5.69 Å². The largest absolute Gasteiger partial charge is 0.493 e. The van der Waals surface area contributed by atoms with Crippen molar-refractivity contribution in [2.75, 3.05) is 19.0 Å². The van der Waals surface area contributed by atoms with Crippen molar-refractivity contribution in [1.29, 1.82) is 0 Å². The number of anilines is 1. The van der Waals surface area contributed by atoms with Gasteiger partial charge in [0.15, 0.2) is 11.5 Å². The molecule has 2 aliphatic rings. The van der Waals surface area contributed by atoms with Crippen molar-refractivity contribution >= 4 is 23.5 Å². The van der Waals surface area contributed by atoms with Gasteiger partial charge in [0.2, 0.25) is 5.91 Å². The number of nitrogens with zero attached hydrogens (tertiary/aromatic N) is 1. The van der Waals surface area contributed by atoms with Crippen molar-refractivity contribution in [3.8, 4) is 11.5 Å². The Morgan fingerprint density at radius 2 is 1.93 bits per heavy atom. The molecule has 0 aromatic heterocycles. The Bertz CT molecular complexity index is 1030. The van der Waals surface area contributed by atoms with Gasteiger partial charge >= 0.3 is 5.97 Å². The van der Waals surface area contributed by atoms with Crippen molar-refractivity contribution in [1.82, 2.24) is 4.90 Å². The van der Waals surface area contributed by atoms with Gasteiger partial charge < -0.3 is 19.7 Å². The monoisotopic (exact) mass is 392 g/mol. The molecule has 1 atom stereocenters. The molecule has 1 fully saturated rings. The second kappa shape index (κ2) is 7.43. The third kappa shape index (κ3) is 3.35. The summed E-state index contributed by atoms with van der Waals surface area (Å²) in [6.07, 6.45) is 2.44. The Morgan fingerprint density at radius 1 is 1.17 bits per heavy atom. The number of amides is 2. The minimum absolute atomic E-state index is 0.129. The molecule has 29 heavy (non-hydrogen) atoms. The summed E-state index contributed by atoms with van der Waals surface area (Å²) in [6, 6.07) is 10.9. The van der Waals surface area contributed by atoms with E-state index in [4.69, 9.17) is 9.47 Å². The summed E-state index contributed by atoms with van der Waals surface area (Å²) in [5.41, 5.74) is 2.02. The van der Waals surface area contributed by atoms with Gasteiger partial charge in [0, 0.05) is 12.6 Å². The molecule has 7 heteroatoms. The van der Waals surface area contributed by atoms with Gasteiger partial charge in [-0.3, -0.25) is 9.59 Å². The molecule has 4 rings (SSSR count). The van der Waals surface area contributed by atoms with E-state index in [1.165, 1.54) is 19.2 Å². The number of hydrogen-bond acceptors (Lipinski definition) is 5. The van der Waals surface area contributed by atoms with Crippen LogP contribution in [0.5, 0.6) is 11.5 Å². The van der Waals surface area contributed by atoms with E-state index in [2.05, 4.69) is 5.32 Å². The predicted molar refractivity (Wildman–Crippen MR) is 106 cm³/mol. The van der Waals surface area contributed by atoms with Crippen LogP contribution in [0, 0.1) is 0 Å². The lowest BCUT2D eigenvalue weighted by atomic mass is 10.1. The van der Waals surface area contributed by atoms with Gasteiger partial charge in [-0.1, -0.05) is 29.8 Å². The average molecular weight is 392 g/mol. The molecular weight excluding hydrogens is 372 g/mol. The number of carbonyl (C=O) groups excluding carboxylic acids is 3. The van der Waals surface area contributed by atoms with Crippen molar-refractivity contribution in [2.45, 2.75) is 19.4 Å². The summed E-state index contributed by atoms with van der Waals surface area (Å²) in [5.74, 6) is -0.726. The van der Waals surface area contributed by atoms with Gasteiger partial charge in [-0.2, -0.15) is 0 Å². The Hall–Kier alpha value is -3.61. The van der Waals surface area contributed by atoms with Crippen molar-refractivity contribution in [3.63, 3.8) is 0 Å². The lowest BCUT2D eigenvalue weighted by Crippen LogP contribution is -2.40. The average Bonchev–Trinajstić information content (AvgIpc) is 3.15. The highest BCUT2D eigenvalue weighted by Crippen LogP contribution is 2.38. The number of hydrogen-bond donors (Lipinski definition) is 1. The van der Waals surface area contributed by atoms with E-state index in [0.29, 0.717) is 29.8 Å². The molecule has 2 aromatic rings. The number of rotatable bonds is 3. The molecule has 0 bridgehead atoms. The van der Waals surface area contributed by atoms with Gasteiger partial charge in [0.1, 0.15) is 6.04 Å². The summed E-state index contributed by atoms with van der Waals surface area (Å²) >= 11 is 0. The normalized spacial score (nSPS) is 19.3. The van der Waals surface area contributed by atoms with Crippen LogP contribution >= 0.6 is 0 Å². The molecule has 0 aliphatic carbocycles. The van der Waals surface area contributed by atoms with E-state index in [0.717, 1.165) is 5.57 Å². The molecule has 7 nitrogen and oxygen atoms in total. The smallest absolute Gasteiger partial charge is 0.343 e. The Morgan fingerprint density at radius 3 is 2.62 bits per heavy atom. The highest BCUT2D eigenvalue weighted by Gasteiger charge is 2.40. The predicted octanol–water partition coefficient (Wildman–Crippen LogP) is 3.03. The first-order valence-corrected chi connectivity index (χ1v) is 9.27. The number of methoxy groups -OCH3 is 1. The third-order valence-electron chi connectivity index (χ3n) is 5.18. The van der Waals surface area contributed by atoms with Crippen molar-refractivity contribution < 1.29 is 23.9 Å². The summed E-state index contributed by atoms with van der Waals surface area (Å²) < 4.78 is 10.8. The van der Waals surface area contributed by atoms with E-state index in [-0.39, 0.29) is 23.3 Å². The SMILES string of the molecule is C/C=C1\C[C@H]2C(=O)Nc3cc(OC(=O)c4ccccc4)c(OC)cc3C(=O)N2C1. The van der Waals surface area contributed by atoms with Crippen LogP contribution in [0.3, 0.4) is 0 Å². The molecule has 148 valence electrons. The highest BCUT2D eigenvalue weighted by molar-refractivity contribution is 6.11. The fourth-order valence-corrected chi connectivity index (χ4v) is 3.59. The van der Waals surface area contributed by atoms with Crippen LogP contribution in [-0.4, -0.2) is 42.4 Å². The molecule has 0 radical (unpaired) electrons. The first-order chi connectivity index (χ1) is 14.0. The van der Waals surface area contributed by atoms with Gasteiger partial charge in [0.25, 0.3) is 5.91 Å². The quantitative estimate of drug-likeness (QED) is 0.493. The number of allylic oxidation sites excluding steroid dienone is 1. The first kappa shape index (κ1) is 18.7. The molecular formula is C22H20N2O5. The van der Waals surface area contributed by atoms with Crippen molar-refractivity contribution in [2.24, 2.45) is 0 Å². The van der Waals surface area contributed by atoms with Crippen LogP contribution in [0.2, 0.25) is 0 Å². The van der Waals surface area contributed by atoms with Crippen LogP contribution in [0.25, 0.3) is 0 Å². The second-order valence-electron chi connectivity index (χ2n) is 6.89. The van der Waals surface area contributed by atoms with Gasteiger partial charge in [0.05, 0.1) is 23.9 Å². The maximum Gasteiger partial charge on any atom is 0.343 e. The van der Waals surface area contributed by atoms with E-state index in [9.17, 15) is 14.4 Å². The van der Waals surface area contributed by atoms with E-state index in [1.807, 2.05) is 13.0 Å². The molecule has 2 aliphatic heterocycles. The number of ether oxygens (including phenoxy) is 2. The molecule has 1 saturated heterocycles. The van der Waals surface area contributed by atoms with Crippen LogP contribution in [0.1, 0.15) is 34.1 Å². The molecule has 2 aromatic carbocycles. The fourth-order valence-electron chi connectivity index (χ4n) is 3.59. The molecule has 1 N–H and O–H groups in total. The minimum Gasteiger partial charge on any atom is -0.493 e. The zero-order chi connectivity index (χ0) is 20.5. The van der Waals surface area contributed by atoms with E-state index in [1.54, 1.807) is 35.2 Å². The lowest BCUT2D eigenvalue weighted by molar-refractivity contribution is -0.119. The first-order valence-electron chi connectivity index (χ1n) is 9.27. The molecule has 0 saturated carbocycles. The number of carbonyl (C=O) groups is 3. The summed E-state index contributed by atoms with van der Waals surface area (Å²) in [5, 5.41) is 2.80. The maximum absolute atomic E-state index is 13.1. The highest BCUT2D eigenvalue weighted by atomic mass is 16.6. The molecule has 0 unspecified atom stereocenters. The summed E-state index contributed by atoms with van der Waals surface area (Å²) in [4.78, 5) is 39.8. The van der Waals surface area contributed by atoms with Gasteiger partial charge in [-0.25, -0.2) is 4.79 Å². The van der Waals surface area contributed by atoms with E-state index < -0.39 is 12.0 Å².